The van der Waals surface area contributed by atoms with E-state index < -0.39 is 10.9 Å². The average molecular weight is 649 g/mol. The van der Waals surface area contributed by atoms with Crippen LogP contribution in [0.1, 0.15) is 23.6 Å². The highest BCUT2D eigenvalue weighted by Crippen LogP contribution is 2.38. The third-order valence-electron chi connectivity index (χ3n) is 4.85. The second-order valence-corrected chi connectivity index (χ2v) is 9.42. The van der Waals surface area contributed by atoms with Gasteiger partial charge in [0.15, 0.2) is 17.2 Å². The number of ether oxygens (including phenoxy) is 3. The van der Waals surface area contributed by atoms with Gasteiger partial charge < -0.3 is 14.2 Å². The molecule has 0 atom stereocenters. The number of nitro groups is 1. The van der Waals surface area contributed by atoms with E-state index in [1.807, 2.05) is 31.2 Å². The normalized spacial score (nSPS) is 14.0. The van der Waals surface area contributed by atoms with Crippen LogP contribution in [0.5, 0.6) is 11.5 Å². The van der Waals surface area contributed by atoms with Crippen LogP contribution in [0.15, 0.2) is 75.8 Å². The molecule has 0 fully saturated rings. The molecule has 3 aromatic carbocycles. The van der Waals surface area contributed by atoms with Crippen molar-refractivity contribution in [3.63, 3.8) is 0 Å². The van der Waals surface area contributed by atoms with Gasteiger partial charge in [0.25, 0.3) is 5.69 Å². The number of cyclic esters (lactones) is 1. The second kappa shape index (κ2) is 11.0. The Bertz CT molecular complexity index is 1350. The van der Waals surface area contributed by atoms with Crippen LogP contribution in [0.3, 0.4) is 0 Å². The average Bonchev–Trinajstić information content (AvgIpc) is 3.19. The number of nitrogens with zero attached hydrogens (tertiary/aromatic N) is 2. The second-order valence-electron chi connectivity index (χ2n) is 7.32. The zero-order chi connectivity index (χ0) is 24.9. The third kappa shape index (κ3) is 6.06. The van der Waals surface area contributed by atoms with Crippen molar-refractivity contribution in [3.8, 4) is 11.5 Å². The Morgan fingerprint density at radius 2 is 1.91 bits per heavy atom. The summed E-state index contributed by atoms with van der Waals surface area (Å²) in [5.74, 6) is 0.599. The predicted octanol–water partition coefficient (Wildman–Crippen LogP) is 6.28. The monoisotopic (exact) mass is 648 g/mol. The minimum atomic E-state index is -0.543. The van der Waals surface area contributed by atoms with Gasteiger partial charge in [-0.3, -0.25) is 10.1 Å². The van der Waals surface area contributed by atoms with Crippen molar-refractivity contribution in [2.24, 2.45) is 4.99 Å². The molecule has 0 unspecified atom stereocenters. The van der Waals surface area contributed by atoms with E-state index in [0.717, 1.165) is 3.57 Å². The van der Waals surface area contributed by atoms with Crippen LogP contribution >= 0.6 is 38.5 Å². The third-order valence-corrected chi connectivity index (χ3v) is 6.16. The molecule has 0 saturated carbocycles. The first-order valence-electron chi connectivity index (χ1n) is 10.4. The Kier molecular flexibility index (Phi) is 7.81. The van der Waals surface area contributed by atoms with Crippen LogP contribution in [0, 0.1) is 13.7 Å². The van der Waals surface area contributed by atoms with Crippen molar-refractivity contribution >= 4 is 62.2 Å². The molecule has 3 aromatic rings. The van der Waals surface area contributed by atoms with E-state index >= 15 is 0 Å². The summed E-state index contributed by atoms with van der Waals surface area (Å²) in [5, 5.41) is 11.0. The SMILES string of the molecule is CCOc1cc(/C=C2\N=C(c3ccc(I)cc3)OC2=O)cc(Br)c1OCc1cccc([N+](=O)[O-])c1. The largest absolute Gasteiger partial charge is 0.490 e. The number of halogens is 2. The molecule has 4 rings (SSSR count). The number of rotatable bonds is 8. The molecular formula is C25H18BrIN2O6. The summed E-state index contributed by atoms with van der Waals surface area (Å²) in [6, 6.07) is 17.2. The van der Waals surface area contributed by atoms with Gasteiger partial charge in [-0.25, -0.2) is 9.79 Å². The van der Waals surface area contributed by atoms with E-state index in [9.17, 15) is 14.9 Å². The molecule has 35 heavy (non-hydrogen) atoms. The van der Waals surface area contributed by atoms with Crippen LogP contribution in [-0.4, -0.2) is 23.4 Å². The first-order chi connectivity index (χ1) is 16.8. The van der Waals surface area contributed by atoms with E-state index in [2.05, 4.69) is 43.5 Å². The number of esters is 1. The Balaban J connectivity index is 1.59. The number of non-ortho nitro benzene ring substituents is 1. The Hall–Kier alpha value is -3.25. The number of nitro benzene ring substituents is 1. The van der Waals surface area contributed by atoms with E-state index in [1.165, 1.54) is 12.1 Å². The fourth-order valence-corrected chi connectivity index (χ4v) is 4.21. The van der Waals surface area contributed by atoms with Gasteiger partial charge in [-0.15, -0.1) is 0 Å². The van der Waals surface area contributed by atoms with Crippen molar-refractivity contribution in [1.29, 1.82) is 0 Å². The van der Waals surface area contributed by atoms with Crippen molar-refractivity contribution in [2.45, 2.75) is 13.5 Å². The lowest BCUT2D eigenvalue weighted by atomic mass is 10.1. The van der Waals surface area contributed by atoms with E-state index in [-0.39, 0.29) is 23.9 Å². The van der Waals surface area contributed by atoms with Gasteiger partial charge in [0.2, 0.25) is 5.90 Å². The molecule has 0 spiro atoms. The van der Waals surface area contributed by atoms with Gasteiger partial charge in [-0.05, 0) is 99.0 Å². The van der Waals surface area contributed by atoms with Crippen LogP contribution in [0.25, 0.3) is 6.08 Å². The Labute approximate surface area is 223 Å². The topological polar surface area (TPSA) is 100 Å². The maximum atomic E-state index is 12.4. The van der Waals surface area contributed by atoms with Crippen molar-refractivity contribution in [1.82, 2.24) is 0 Å². The minimum Gasteiger partial charge on any atom is -0.490 e. The number of carbonyl (C=O) groups excluding carboxylic acids is 1. The Morgan fingerprint density at radius 1 is 1.14 bits per heavy atom. The van der Waals surface area contributed by atoms with E-state index in [0.29, 0.717) is 39.3 Å². The molecule has 0 bridgehead atoms. The van der Waals surface area contributed by atoms with Gasteiger partial charge in [-0.1, -0.05) is 12.1 Å². The highest BCUT2D eigenvalue weighted by Gasteiger charge is 2.24. The molecule has 0 amide bonds. The maximum Gasteiger partial charge on any atom is 0.363 e. The summed E-state index contributed by atoms with van der Waals surface area (Å²) in [6.45, 7) is 2.34. The van der Waals surface area contributed by atoms with Crippen molar-refractivity contribution < 1.29 is 23.9 Å². The molecule has 0 radical (unpaired) electrons. The summed E-state index contributed by atoms with van der Waals surface area (Å²) in [6.07, 6.45) is 1.61. The summed E-state index contributed by atoms with van der Waals surface area (Å²) in [5.41, 5.74) is 2.17. The molecule has 0 saturated heterocycles. The zero-order valence-electron chi connectivity index (χ0n) is 18.4. The highest BCUT2D eigenvalue weighted by molar-refractivity contribution is 14.1. The molecule has 1 heterocycles. The van der Waals surface area contributed by atoms with Crippen molar-refractivity contribution in [2.75, 3.05) is 6.61 Å². The molecule has 1 aliphatic heterocycles. The smallest absolute Gasteiger partial charge is 0.363 e. The molecule has 1 aliphatic rings. The molecule has 0 N–H and O–H groups in total. The molecular weight excluding hydrogens is 631 g/mol. The lowest BCUT2D eigenvalue weighted by Gasteiger charge is -2.15. The fourth-order valence-electron chi connectivity index (χ4n) is 3.27. The van der Waals surface area contributed by atoms with Crippen LogP contribution < -0.4 is 9.47 Å². The van der Waals surface area contributed by atoms with Crippen LogP contribution in [-0.2, 0) is 16.1 Å². The van der Waals surface area contributed by atoms with Gasteiger partial charge in [0.1, 0.15) is 6.61 Å². The number of aliphatic imine (C=N–C) groups is 1. The maximum absolute atomic E-state index is 12.4. The fraction of sp³-hybridized carbons (Fsp3) is 0.120. The molecule has 0 aliphatic carbocycles. The number of benzene rings is 3. The summed E-state index contributed by atoms with van der Waals surface area (Å²) >= 11 is 5.70. The number of carbonyl (C=O) groups is 1. The minimum absolute atomic E-state index is 0.00854. The standard InChI is InChI=1S/C25H18BrIN2O6/c1-2-33-22-13-16(12-21-25(30)35-24(28-21)17-6-8-18(27)9-7-17)11-20(26)23(22)34-14-15-4-3-5-19(10-15)29(31)32/h3-13H,2,14H2,1H3/b21-12-. The molecule has 178 valence electrons. The summed E-state index contributed by atoms with van der Waals surface area (Å²) in [7, 11) is 0. The van der Waals surface area contributed by atoms with Gasteiger partial charge in [-0.2, -0.15) is 0 Å². The lowest BCUT2D eigenvalue weighted by Crippen LogP contribution is -2.05. The Morgan fingerprint density at radius 3 is 2.63 bits per heavy atom. The van der Waals surface area contributed by atoms with E-state index in [1.54, 1.807) is 30.3 Å². The van der Waals surface area contributed by atoms with Crippen molar-refractivity contribution in [3.05, 3.63) is 101 Å². The lowest BCUT2D eigenvalue weighted by molar-refractivity contribution is -0.384. The quantitative estimate of drug-likeness (QED) is 0.0937. The van der Waals surface area contributed by atoms with Crippen LogP contribution in [0.4, 0.5) is 5.69 Å². The van der Waals surface area contributed by atoms with Gasteiger partial charge >= 0.3 is 5.97 Å². The molecule has 10 heteroatoms. The zero-order valence-corrected chi connectivity index (χ0v) is 22.1. The molecule has 8 nitrogen and oxygen atoms in total. The summed E-state index contributed by atoms with van der Waals surface area (Å²) in [4.78, 5) is 27.3. The van der Waals surface area contributed by atoms with Gasteiger partial charge in [0, 0.05) is 21.3 Å². The first kappa shape index (κ1) is 24.9. The van der Waals surface area contributed by atoms with Crippen LogP contribution in [0.2, 0.25) is 0 Å². The highest BCUT2D eigenvalue weighted by atomic mass is 127. The summed E-state index contributed by atoms with van der Waals surface area (Å²) < 4.78 is 18.7. The molecule has 0 aromatic heterocycles. The van der Waals surface area contributed by atoms with E-state index in [4.69, 9.17) is 14.2 Å². The predicted molar refractivity (Wildman–Crippen MR) is 143 cm³/mol. The number of hydrogen-bond donors (Lipinski definition) is 0. The first-order valence-corrected chi connectivity index (χ1v) is 12.3. The number of hydrogen-bond acceptors (Lipinski definition) is 7. The van der Waals surface area contributed by atoms with Gasteiger partial charge in [0.05, 0.1) is 16.0 Å².